The fourth-order valence-electron chi connectivity index (χ4n) is 1.91. The second-order valence-corrected chi connectivity index (χ2v) is 4.83. The summed E-state index contributed by atoms with van der Waals surface area (Å²) in [4.78, 5) is 23.1. The third-order valence-electron chi connectivity index (χ3n) is 3.00. The minimum atomic E-state index is -0.133. The molecular weight excluding hydrogens is 304 g/mol. The minimum absolute atomic E-state index is 0.133. The summed E-state index contributed by atoms with van der Waals surface area (Å²) in [6, 6.07) is 0. The van der Waals surface area contributed by atoms with Crippen molar-refractivity contribution in [2.45, 2.75) is 44.9 Å². The van der Waals surface area contributed by atoms with Crippen molar-refractivity contribution in [3.63, 3.8) is 0 Å². The SMILES string of the molecule is O=C(CCCCCCCC(=O)Nc1nn[nH]n1)Nc1nn[nH]n1. The molecule has 0 saturated heterocycles. The molecule has 0 saturated carbocycles. The zero-order valence-corrected chi connectivity index (χ0v) is 12.4. The first-order valence-electron chi connectivity index (χ1n) is 7.30. The van der Waals surface area contributed by atoms with Gasteiger partial charge in [0.1, 0.15) is 0 Å². The molecule has 0 spiro atoms. The highest BCUT2D eigenvalue weighted by atomic mass is 16.2. The number of amides is 2. The van der Waals surface area contributed by atoms with Gasteiger partial charge in [-0.25, -0.2) is 0 Å². The van der Waals surface area contributed by atoms with Crippen LogP contribution >= 0.6 is 0 Å². The summed E-state index contributed by atoms with van der Waals surface area (Å²) in [5.74, 6) is 0.0991. The minimum Gasteiger partial charge on any atom is -0.292 e. The molecule has 0 unspecified atom stereocenters. The maximum absolute atomic E-state index is 11.5. The smallest absolute Gasteiger partial charge is 0.269 e. The number of nitrogens with zero attached hydrogens (tertiary/aromatic N) is 6. The lowest BCUT2D eigenvalue weighted by Gasteiger charge is -2.02. The van der Waals surface area contributed by atoms with E-state index in [4.69, 9.17) is 0 Å². The Morgan fingerprint density at radius 2 is 1.17 bits per heavy atom. The predicted molar refractivity (Wildman–Crippen MR) is 77.9 cm³/mol. The van der Waals surface area contributed by atoms with Gasteiger partial charge in [0.2, 0.25) is 11.8 Å². The number of H-pyrrole nitrogens is 2. The van der Waals surface area contributed by atoms with Crippen LogP contribution in [0.25, 0.3) is 0 Å². The molecule has 2 aromatic rings. The number of aromatic amines is 2. The van der Waals surface area contributed by atoms with Crippen LogP contribution in [0, 0.1) is 0 Å². The molecule has 0 bridgehead atoms. The number of aromatic nitrogens is 8. The average Bonchev–Trinajstić information content (AvgIpc) is 3.20. The number of nitrogens with one attached hydrogen (secondary N) is 4. The summed E-state index contributed by atoms with van der Waals surface area (Å²) in [5, 5.41) is 30.8. The number of hydrogen-bond acceptors (Lipinski definition) is 8. The van der Waals surface area contributed by atoms with Crippen LogP contribution in [0.1, 0.15) is 44.9 Å². The first kappa shape index (κ1) is 16.5. The number of carbonyl (C=O) groups excluding carboxylic acids is 2. The van der Waals surface area contributed by atoms with Crippen LogP contribution in [-0.2, 0) is 9.59 Å². The molecule has 0 atom stereocenters. The highest BCUT2D eigenvalue weighted by Crippen LogP contribution is 2.08. The lowest BCUT2D eigenvalue weighted by atomic mass is 10.1. The molecule has 12 heteroatoms. The number of unbranched alkanes of at least 4 members (excludes halogenated alkanes) is 4. The Hall–Kier alpha value is -2.92. The number of tetrazole rings is 2. The van der Waals surface area contributed by atoms with Gasteiger partial charge in [-0.15, -0.1) is 10.2 Å². The Kier molecular flexibility index (Phi) is 6.56. The van der Waals surface area contributed by atoms with E-state index in [1.807, 2.05) is 0 Å². The maximum atomic E-state index is 11.5. The zero-order valence-electron chi connectivity index (χ0n) is 12.4. The monoisotopic (exact) mass is 322 g/mol. The number of anilines is 2. The Morgan fingerprint density at radius 3 is 1.57 bits per heavy atom. The average molecular weight is 322 g/mol. The van der Waals surface area contributed by atoms with Crippen LogP contribution in [0.3, 0.4) is 0 Å². The van der Waals surface area contributed by atoms with Crippen molar-refractivity contribution in [2.75, 3.05) is 10.6 Å². The van der Waals surface area contributed by atoms with E-state index in [0.29, 0.717) is 12.8 Å². The molecule has 124 valence electrons. The summed E-state index contributed by atoms with van der Waals surface area (Å²) in [6.45, 7) is 0. The maximum Gasteiger partial charge on any atom is 0.269 e. The molecule has 2 aromatic heterocycles. The summed E-state index contributed by atoms with van der Waals surface area (Å²) < 4.78 is 0. The normalized spacial score (nSPS) is 10.4. The molecule has 0 aliphatic rings. The number of hydrogen-bond donors (Lipinski definition) is 4. The Bertz CT molecular complexity index is 530. The molecule has 0 fully saturated rings. The van der Waals surface area contributed by atoms with Crippen LogP contribution in [-0.4, -0.2) is 53.1 Å². The van der Waals surface area contributed by atoms with E-state index in [1.54, 1.807) is 0 Å². The van der Waals surface area contributed by atoms with Gasteiger partial charge >= 0.3 is 0 Å². The molecule has 2 amide bonds. The zero-order chi connectivity index (χ0) is 16.3. The highest BCUT2D eigenvalue weighted by molar-refractivity contribution is 5.89. The molecule has 0 aliphatic carbocycles. The Labute approximate surface area is 131 Å². The van der Waals surface area contributed by atoms with E-state index in [9.17, 15) is 9.59 Å². The van der Waals surface area contributed by atoms with Gasteiger partial charge in [0.25, 0.3) is 11.9 Å². The number of rotatable bonds is 10. The van der Waals surface area contributed by atoms with Gasteiger partial charge in [-0.1, -0.05) is 29.5 Å². The van der Waals surface area contributed by atoms with Crippen molar-refractivity contribution in [3.8, 4) is 0 Å². The molecule has 2 rings (SSSR count). The van der Waals surface area contributed by atoms with E-state index in [-0.39, 0.29) is 23.7 Å². The van der Waals surface area contributed by atoms with Gasteiger partial charge < -0.3 is 0 Å². The van der Waals surface area contributed by atoms with Crippen molar-refractivity contribution in [1.29, 1.82) is 0 Å². The van der Waals surface area contributed by atoms with Gasteiger partial charge in [0, 0.05) is 12.8 Å². The van der Waals surface area contributed by atoms with Gasteiger partial charge in [-0.3, -0.25) is 20.2 Å². The van der Waals surface area contributed by atoms with E-state index >= 15 is 0 Å². The molecule has 12 nitrogen and oxygen atoms in total. The van der Waals surface area contributed by atoms with Crippen molar-refractivity contribution in [3.05, 3.63) is 0 Å². The summed E-state index contributed by atoms with van der Waals surface area (Å²) in [7, 11) is 0. The highest BCUT2D eigenvalue weighted by Gasteiger charge is 2.06. The largest absolute Gasteiger partial charge is 0.292 e. The van der Waals surface area contributed by atoms with Crippen LogP contribution < -0.4 is 10.6 Å². The van der Waals surface area contributed by atoms with Crippen LogP contribution in [0.15, 0.2) is 0 Å². The summed E-state index contributed by atoms with van der Waals surface area (Å²) in [5.41, 5.74) is 0. The predicted octanol–water partition coefficient (Wildman–Crippen LogP) is 0.0207. The fourth-order valence-corrected chi connectivity index (χ4v) is 1.91. The first-order valence-corrected chi connectivity index (χ1v) is 7.30. The van der Waals surface area contributed by atoms with Crippen LogP contribution in [0.4, 0.5) is 11.9 Å². The van der Waals surface area contributed by atoms with Gasteiger partial charge in [0.15, 0.2) is 0 Å². The lowest BCUT2D eigenvalue weighted by molar-refractivity contribution is -0.117. The fraction of sp³-hybridized carbons (Fsp3) is 0.636. The third kappa shape index (κ3) is 6.58. The second kappa shape index (κ2) is 9.17. The third-order valence-corrected chi connectivity index (χ3v) is 3.00. The van der Waals surface area contributed by atoms with E-state index in [2.05, 4.69) is 51.9 Å². The second-order valence-electron chi connectivity index (χ2n) is 4.83. The van der Waals surface area contributed by atoms with E-state index in [0.717, 1.165) is 32.1 Å². The summed E-state index contributed by atoms with van der Waals surface area (Å²) in [6.07, 6.45) is 5.18. The molecule has 23 heavy (non-hydrogen) atoms. The first-order chi connectivity index (χ1) is 11.2. The molecule has 0 aliphatic heterocycles. The van der Waals surface area contributed by atoms with E-state index in [1.165, 1.54) is 0 Å². The van der Waals surface area contributed by atoms with Crippen LogP contribution in [0.5, 0.6) is 0 Å². The molecular formula is C11H18N10O2. The lowest BCUT2D eigenvalue weighted by Crippen LogP contribution is -2.12. The topological polar surface area (TPSA) is 167 Å². The van der Waals surface area contributed by atoms with Gasteiger partial charge in [-0.2, -0.15) is 10.4 Å². The van der Waals surface area contributed by atoms with E-state index < -0.39 is 0 Å². The Balaban J connectivity index is 1.43. The van der Waals surface area contributed by atoms with Crippen molar-refractivity contribution in [1.82, 2.24) is 41.2 Å². The molecule has 2 heterocycles. The van der Waals surface area contributed by atoms with Crippen LogP contribution in [0.2, 0.25) is 0 Å². The van der Waals surface area contributed by atoms with Crippen molar-refractivity contribution in [2.24, 2.45) is 0 Å². The molecule has 0 radical (unpaired) electrons. The van der Waals surface area contributed by atoms with Gasteiger partial charge in [0.05, 0.1) is 0 Å². The van der Waals surface area contributed by atoms with Crippen molar-refractivity contribution < 1.29 is 9.59 Å². The molecule has 4 N–H and O–H groups in total. The standard InChI is InChI=1S/C11H18N10O2/c22-8(12-10-14-18-19-15-10)6-4-2-1-3-5-7-9(23)13-11-16-20-21-17-11/h1-7H2,(H2,12,14,15,18,19,22)(H2,13,16,17,20,21,23). The van der Waals surface area contributed by atoms with Crippen molar-refractivity contribution >= 4 is 23.7 Å². The summed E-state index contributed by atoms with van der Waals surface area (Å²) >= 11 is 0. The Morgan fingerprint density at radius 1 is 0.739 bits per heavy atom. The quantitative estimate of drug-likeness (QED) is 0.444. The molecule has 0 aromatic carbocycles. The van der Waals surface area contributed by atoms with Gasteiger partial charge in [-0.05, 0) is 23.3 Å². The number of carbonyl (C=O) groups is 2.